The van der Waals surface area contributed by atoms with E-state index in [1.807, 2.05) is 14.0 Å². The molecule has 0 spiro atoms. The lowest BCUT2D eigenvalue weighted by atomic mass is 10.1. The van der Waals surface area contributed by atoms with E-state index in [1.165, 1.54) is 30.6 Å². The summed E-state index contributed by atoms with van der Waals surface area (Å²) >= 11 is 0. The Morgan fingerprint density at radius 3 is 2.28 bits per heavy atom. The predicted molar refractivity (Wildman–Crippen MR) is 140 cm³/mol. The van der Waals surface area contributed by atoms with E-state index in [9.17, 15) is 4.79 Å². The summed E-state index contributed by atoms with van der Waals surface area (Å²) in [6.07, 6.45) is 1.02. The van der Waals surface area contributed by atoms with Gasteiger partial charge in [0.1, 0.15) is 0 Å². The Labute approximate surface area is 210 Å². The largest absolute Gasteiger partial charge is 0.450 e. The van der Waals surface area contributed by atoms with Gasteiger partial charge in [0.15, 0.2) is 5.96 Å². The predicted octanol–water partition coefficient (Wildman–Crippen LogP) is 2.29. The summed E-state index contributed by atoms with van der Waals surface area (Å²) < 4.78 is 5.09. The SMILES string of the molecule is CCOC(=O)N1CCN(C(=NC)NCc2ccc(CN3CCCN(C)CC3)cc2)CC1.I. The quantitative estimate of drug-likeness (QED) is 0.340. The van der Waals surface area contributed by atoms with E-state index < -0.39 is 0 Å². The lowest BCUT2D eigenvalue weighted by molar-refractivity contribution is 0.0914. The van der Waals surface area contributed by atoms with Crippen molar-refractivity contribution in [1.29, 1.82) is 0 Å². The van der Waals surface area contributed by atoms with E-state index in [4.69, 9.17) is 4.74 Å². The summed E-state index contributed by atoms with van der Waals surface area (Å²) in [5, 5.41) is 3.46. The molecule has 0 radical (unpaired) electrons. The Kier molecular flexibility index (Phi) is 11.5. The standard InChI is InChI=1S/C23H38N6O2.HI/c1-4-31-23(30)29-16-14-28(15-17-29)22(24-2)25-18-20-6-8-21(9-7-20)19-27-11-5-10-26(3)12-13-27;/h6-9H,4-5,10-19H2,1-3H3,(H,24,25);1H. The molecule has 32 heavy (non-hydrogen) atoms. The number of hydrogen-bond acceptors (Lipinski definition) is 5. The number of guanidine groups is 1. The monoisotopic (exact) mass is 558 g/mol. The second-order valence-corrected chi connectivity index (χ2v) is 8.32. The number of ether oxygens (including phenoxy) is 1. The van der Waals surface area contributed by atoms with Gasteiger partial charge >= 0.3 is 6.09 Å². The van der Waals surface area contributed by atoms with Crippen LogP contribution in [-0.4, -0.2) is 105 Å². The fourth-order valence-corrected chi connectivity index (χ4v) is 4.11. The van der Waals surface area contributed by atoms with E-state index in [1.54, 1.807) is 4.90 Å². The second-order valence-electron chi connectivity index (χ2n) is 8.32. The molecule has 1 aromatic rings. The zero-order valence-electron chi connectivity index (χ0n) is 19.8. The number of rotatable bonds is 5. The van der Waals surface area contributed by atoms with Crippen molar-refractivity contribution in [2.75, 3.05) is 73.1 Å². The number of piperazine rings is 1. The number of halogens is 1. The van der Waals surface area contributed by atoms with Crippen LogP contribution in [0.25, 0.3) is 0 Å². The summed E-state index contributed by atoms with van der Waals surface area (Å²) in [5.74, 6) is 0.876. The van der Waals surface area contributed by atoms with E-state index in [-0.39, 0.29) is 30.1 Å². The molecule has 2 heterocycles. The van der Waals surface area contributed by atoms with Crippen LogP contribution in [0.5, 0.6) is 0 Å². The average Bonchev–Trinajstić information content (AvgIpc) is 3.00. The minimum absolute atomic E-state index is 0. The Hall–Kier alpha value is -1.59. The summed E-state index contributed by atoms with van der Waals surface area (Å²) in [7, 11) is 4.02. The van der Waals surface area contributed by atoms with Gasteiger partial charge in [0.25, 0.3) is 0 Å². The molecule has 2 fully saturated rings. The highest BCUT2D eigenvalue weighted by Gasteiger charge is 2.23. The normalized spacial score (nSPS) is 18.7. The second kappa shape index (κ2) is 13.8. The summed E-state index contributed by atoms with van der Waals surface area (Å²) in [5.41, 5.74) is 2.61. The average molecular weight is 559 g/mol. The van der Waals surface area contributed by atoms with Crippen molar-refractivity contribution in [3.05, 3.63) is 35.4 Å². The minimum atomic E-state index is -0.225. The molecule has 0 saturated carbocycles. The number of hydrogen-bond donors (Lipinski definition) is 1. The van der Waals surface area contributed by atoms with Gasteiger partial charge < -0.3 is 24.8 Å². The minimum Gasteiger partial charge on any atom is -0.450 e. The van der Waals surface area contributed by atoms with Gasteiger partial charge in [-0.3, -0.25) is 9.89 Å². The molecule has 2 saturated heterocycles. The lowest BCUT2D eigenvalue weighted by Gasteiger charge is -2.35. The van der Waals surface area contributed by atoms with Gasteiger partial charge in [-0.15, -0.1) is 24.0 Å². The number of benzene rings is 1. The molecule has 0 unspecified atom stereocenters. The summed E-state index contributed by atoms with van der Waals surface area (Å²) in [6.45, 7) is 11.5. The van der Waals surface area contributed by atoms with E-state index in [0.29, 0.717) is 19.7 Å². The van der Waals surface area contributed by atoms with Crippen LogP contribution < -0.4 is 5.32 Å². The number of amides is 1. The smallest absolute Gasteiger partial charge is 0.409 e. The van der Waals surface area contributed by atoms with E-state index in [0.717, 1.165) is 45.2 Å². The van der Waals surface area contributed by atoms with Crippen LogP contribution in [0, 0.1) is 0 Å². The molecule has 0 bridgehead atoms. The van der Waals surface area contributed by atoms with Crippen LogP contribution in [-0.2, 0) is 17.8 Å². The number of carbonyl (C=O) groups is 1. The van der Waals surface area contributed by atoms with Crippen molar-refractivity contribution < 1.29 is 9.53 Å². The molecule has 180 valence electrons. The van der Waals surface area contributed by atoms with Crippen molar-refractivity contribution in [3.63, 3.8) is 0 Å². The summed E-state index contributed by atoms with van der Waals surface area (Å²) in [4.78, 5) is 25.2. The first kappa shape index (κ1) is 26.7. The fraction of sp³-hybridized carbons (Fsp3) is 0.652. The van der Waals surface area contributed by atoms with Crippen LogP contribution in [0.3, 0.4) is 0 Å². The fourth-order valence-electron chi connectivity index (χ4n) is 4.11. The molecular formula is C23H39IN6O2. The van der Waals surface area contributed by atoms with E-state index >= 15 is 0 Å². The topological polar surface area (TPSA) is 63.7 Å². The Morgan fingerprint density at radius 1 is 0.969 bits per heavy atom. The van der Waals surface area contributed by atoms with Gasteiger partial charge in [-0.2, -0.15) is 0 Å². The maximum Gasteiger partial charge on any atom is 0.409 e. The summed E-state index contributed by atoms with van der Waals surface area (Å²) in [6, 6.07) is 8.90. The van der Waals surface area contributed by atoms with Crippen LogP contribution in [0.2, 0.25) is 0 Å². The molecule has 8 nitrogen and oxygen atoms in total. The van der Waals surface area contributed by atoms with Gasteiger partial charge in [-0.1, -0.05) is 24.3 Å². The molecular weight excluding hydrogens is 519 g/mol. The van der Waals surface area contributed by atoms with Gasteiger partial charge in [0.2, 0.25) is 0 Å². The van der Waals surface area contributed by atoms with Crippen LogP contribution >= 0.6 is 24.0 Å². The Morgan fingerprint density at radius 2 is 1.62 bits per heavy atom. The van der Waals surface area contributed by atoms with Gasteiger partial charge in [0, 0.05) is 59.4 Å². The Balaban J connectivity index is 0.00000363. The zero-order chi connectivity index (χ0) is 22.1. The maximum absolute atomic E-state index is 11.9. The highest BCUT2D eigenvalue weighted by Crippen LogP contribution is 2.11. The van der Waals surface area contributed by atoms with Crippen molar-refractivity contribution >= 4 is 36.0 Å². The molecule has 0 aliphatic carbocycles. The number of aliphatic imine (C=N–C) groups is 1. The van der Waals surface area contributed by atoms with Crippen molar-refractivity contribution in [3.8, 4) is 0 Å². The van der Waals surface area contributed by atoms with E-state index in [2.05, 4.69) is 56.3 Å². The molecule has 2 aliphatic heterocycles. The number of nitrogens with one attached hydrogen (secondary N) is 1. The number of carbonyl (C=O) groups excluding carboxylic acids is 1. The molecule has 2 aliphatic rings. The van der Waals surface area contributed by atoms with Crippen molar-refractivity contribution in [2.45, 2.75) is 26.4 Å². The highest BCUT2D eigenvalue weighted by atomic mass is 127. The molecule has 9 heteroatoms. The first-order chi connectivity index (χ1) is 15.1. The first-order valence-corrected chi connectivity index (χ1v) is 11.4. The van der Waals surface area contributed by atoms with Crippen molar-refractivity contribution in [1.82, 2.24) is 24.9 Å². The molecule has 3 rings (SSSR count). The Bertz CT molecular complexity index is 722. The molecule has 0 aromatic heterocycles. The lowest BCUT2D eigenvalue weighted by Crippen LogP contribution is -2.53. The van der Waals surface area contributed by atoms with Crippen LogP contribution in [0.4, 0.5) is 4.79 Å². The van der Waals surface area contributed by atoms with Gasteiger partial charge in [-0.05, 0) is 44.6 Å². The third-order valence-corrected chi connectivity index (χ3v) is 6.01. The first-order valence-electron chi connectivity index (χ1n) is 11.4. The molecule has 1 aromatic carbocycles. The number of likely N-dealkylation sites (N-methyl/N-ethyl adjacent to an activating group) is 1. The van der Waals surface area contributed by atoms with Crippen LogP contribution in [0.15, 0.2) is 29.3 Å². The maximum atomic E-state index is 11.9. The van der Waals surface area contributed by atoms with Gasteiger partial charge in [-0.25, -0.2) is 4.79 Å². The van der Waals surface area contributed by atoms with Crippen LogP contribution in [0.1, 0.15) is 24.5 Å². The third-order valence-electron chi connectivity index (χ3n) is 6.01. The number of nitrogens with zero attached hydrogens (tertiary/aromatic N) is 5. The molecule has 0 atom stereocenters. The highest BCUT2D eigenvalue weighted by molar-refractivity contribution is 14.0. The molecule has 1 amide bonds. The zero-order valence-corrected chi connectivity index (χ0v) is 22.1. The van der Waals surface area contributed by atoms with Gasteiger partial charge in [0.05, 0.1) is 6.61 Å². The molecule has 1 N–H and O–H groups in total. The third kappa shape index (κ3) is 8.08. The van der Waals surface area contributed by atoms with Crippen molar-refractivity contribution in [2.24, 2.45) is 4.99 Å².